The molecule has 0 bridgehead atoms. The van der Waals surface area contributed by atoms with E-state index in [0.29, 0.717) is 17.5 Å². The van der Waals surface area contributed by atoms with Crippen LogP contribution in [0.25, 0.3) is 27.8 Å². The maximum Gasteiger partial charge on any atom is 0.228 e. The minimum atomic E-state index is -0.338. The Bertz CT molecular complexity index is 1290. The predicted octanol–water partition coefficient (Wildman–Crippen LogP) is 2.34. The summed E-state index contributed by atoms with van der Waals surface area (Å²) in [6.07, 6.45) is 6.80. The summed E-state index contributed by atoms with van der Waals surface area (Å²) in [4.78, 5) is 30.6. The van der Waals surface area contributed by atoms with E-state index in [1.165, 1.54) is 6.33 Å². The number of hydrogen-bond acceptors (Lipinski definition) is 7. The largest absolute Gasteiger partial charge is 0.480 e. The van der Waals surface area contributed by atoms with Crippen LogP contribution in [0.2, 0.25) is 0 Å². The van der Waals surface area contributed by atoms with Crippen LogP contribution in [0.15, 0.2) is 30.9 Å². The second-order valence-corrected chi connectivity index (χ2v) is 8.47. The van der Waals surface area contributed by atoms with Gasteiger partial charge in [0.2, 0.25) is 17.7 Å². The molecule has 0 saturated heterocycles. The van der Waals surface area contributed by atoms with Crippen molar-refractivity contribution in [2.75, 3.05) is 26.5 Å². The maximum absolute atomic E-state index is 12.4. The summed E-state index contributed by atoms with van der Waals surface area (Å²) in [6.45, 7) is 2.00. The number of nitrogens with zero attached hydrogens (tertiary/aromatic N) is 6. The topological polar surface area (TPSA) is 113 Å². The molecule has 1 aliphatic rings. The van der Waals surface area contributed by atoms with E-state index in [1.807, 2.05) is 31.5 Å². The summed E-state index contributed by atoms with van der Waals surface area (Å²) in [5, 5.41) is 8.35. The third-order valence-corrected chi connectivity index (χ3v) is 5.93. The van der Waals surface area contributed by atoms with E-state index in [1.54, 1.807) is 30.6 Å². The van der Waals surface area contributed by atoms with Crippen LogP contribution in [0.4, 0.5) is 5.95 Å². The molecule has 4 aromatic heterocycles. The molecule has 1 aliphatic carbocycles. The number of H-pyrrole nitrogens is 1. The van der Waals surface area contributed by atoms with Gasteiger partial charge in [-0.1, -0.05) is 6.92 Å². The fraction of sp³-hybridized carbons (Fsp3) is 0.381. The molecule has 4 heterocycles. The van der Waals surface area contributed by atoms with Crippen molar-refractivity contribution in [3.63, 3.8) is 0 Å². The Balaban J connectivity index is 1.43. The third-order valence-electron chi connectivity index (χ3n) is 5.93. The molecule has 2 N–H and O–H groups in total. The molecule has 10 nitrogen and oxygen atoms in total. The average molecular weight is 420 g/mol. The molecule has 1 amide bonds. The van der Waals surface area contributed by atoms with Crippen LogP contribution in [0.1, 0.15) is 19.8 Å². The third kappa shape index (κ3) is 3.15. The van der Waals surface area contributed by atoms with Crippen molar-refractivity contribution >= 4 is 28.5 Å². The Morgan fingerprint density at radius 2 is 2.13 bits per heavy atom. The van der Waals surface area contributed by atoms with Crippen LogP contribution in [-0.4, -0.2) is 67.6 Å². The molecule has 0 aromatic carbocycles. The van der Waals surface area contributed by atoms with Crippen molar-refractivity contribution < 1.29 is 9.53 Å². The van der Waals surface area contributed by atoms with Crippen molar-refractivity contribution in [1.29, 1.82) is 0 Å². The number of carbonyl (C=O) groups is 1. The highest BCUT2D eigenvalue weighted by atomic mass is 16.5. The number of nitrogens with one attached hydrogen (secondary N) is 2. The highest BCUT2D eigenvalue weighted by Gasteiger charge is 2.47. The smallest absolute Gasteiger partial charge is 0.228 e. The molecule has 0 radical (unpaired) electrons. The summed E-state index contributed by atoms with van der Waals surface area (Å²) < 4.78 is 7.32. The quantitative estimate of drug-likeness (QED) is 0.509. The van der Waals surface area contributed by atoms with Gasteiger partial charge in [0.15, 0.2) is 5.65 Å². The van der Waals surface area contributed by atoms with Crippen molar-refractivity contribution in [2.24, 2.45) is 5.41 Å². The minimum absolute atomic E-state index is 0.139. The lowest BCUT2D eigenvalue weighted by atomic mass is 9.66. The Morgan fingerprint density at radius 1 is 1.32 bits per heavy atom. The molecule has 0 atom stereocenters. The maximum atomic E-state index is 12.4. The zero-order valence-electron chi connectivity index (χ0n) is 17.9. The number of fused-ring (bicyclic) bond motifs is 2. The van der Waals surface area contributed by atoms with E-state index in [4.69, 9.17) is 4.74 Å². The zero-order chi connectivity index (χ0) is 21.8. The van der Waals surface area contributed by atoms with Gasteiger partial charge >= 0.3 is 0 Å². The standard InChI is InChI=1S/C21H24N8O2/c1-21(19(30)28(2)3)7-13(8-21)25-20-26-17-16(18(27-20)31-4)14(9-22-17)12-5-6-15-23-11-24-29(15)10-12/h5-6,9-11,13H,7-8H2,1-4H3,(H2,22,25,26,27)/t13-,21+. The van der Waals surface area contributed by atoms with Crippen LogP contribution in [0.3, 0.4) is 0 Å². The Morgan fingerprint density at radius 3 is 2.87 bits per heavy atom. The highest BCUT2D eigenvalue weighted by molar-refractivity contribution is 5.97. The molecular weight excluding hydrogens is 396 g/mol. The summed E-state index contributed by atoms with van der Waals surface area (Å²) >= 11 is 0. The molecule has 1 fully saturated rings. The molecule has 5 rings (SSSR count). The van der Waals surface area contributed by atoms with Gasteiger partial charge in [0.1, 0.15) is 12.0 Å². The van der Waals surface area contributed by atoms with E-state index < -0.39 is 0 Å². The predicted molar refractivity (Wildman–Crippen MR) is 116 cm³/mol. The fourth-order valence-electron chi connectivity index (χ4n) is 4.44. The van der Waals surface area contributed by atoms with Gasteiger partial charge in [0, 0.05) is 43.7 Å². The van der Waals surface area contributed by atoms with Crippen molar-refractivity contribution in [3.05, 3.63) is 30.9 Å². The first kappa shape index (κ1) is 19.3. The highest BCUT2D eigenvalue weighted by Crippen LogP contribution is 2.43. The van der Waals surface area contributed by atoms with Crippen LogP contribution in [0.5, 0.6) is 5.88 Å². The number of methoxy groups -OCH3 is 1. The molecule has 0 spiro atoms. The second-order valence-electron chi connectivity index (χ2n) is 8.47. The summed E-state index contributed by atoms with van der Waals surface area (Å²) in [5.41, 5.74) is 2.98. The monoisotopic (exact) mass is 420 g/mol. The van der Waals surface area contributed by atoms with Gasteiger partial charge in [0.05, 0.1) is 17.9 Å². The first-order valence-corrected chi connectivity index (χ1v) is 10.1. The molecule has 0 unspecified atom stereocenters. The van der Waals surface area contributed by atoms with Crippen molar-refractivity contribution in [1.82, 2.24) is 34.4 Å². The number of hydrogen-bond donors (Lipinski definition) is 2. The Kier molecular flexibility index (Phi) is 4.31. The molecule has 31 heavy (non-hydrogen) atoms. The lowest BCUT2D eigenvalue weighted by Crippen LogP contribution is -2.52. The first-order chi connectivity index (χ1) is 14.9. The number of aromatic nitrogens is 6. The first-order valence-electron chi connectivity index (χ1n) is 10.1. The lowest BCUT2D eigenvalue weighted by molar-refractivity contribution is -0.143. The van der Waals surface area contributed by atoms with Gasteiger partial charge in [-0.2, -0.15) is 15.1 Å². The van der Waals surface area contributed by atoms with Gasteiger partial charge in [-0.15, -0.1) is 0 Å². The van der Waals surface area contributed by atoms with E-state index in [-0.39, 0.29) is 17.4 Å². The number of pyridine rings is 1. The van der Waals surface area contributed by atoms with E-state index in [2.05, 4.69) is 30.4 Å². The van der Waals surface area contributed by atoms with Crippen LogP contribution >= 0.6 is 0 Å². The summed E-state index contributed by atoms with van der Waals surface area (Å²) in [5.74, 6) is 1.11. The SMILES string of the molecule is COc1nc(N[C@H]2C[C@@](C)(C(=O)N(C)C)C2)nc2[nH]cc(-c3ccc4ncnn4c3)c12. The number of carbonyl (C=O) groups excluding carboxylic acids is 1. The molecular formula is C21H24N8O2. The van der Waals surface area contributed by atoms with Crippen LogP contribution < -0.4 is 10.1 Å². The van der Waals surface area contributed by atoms with Gasteiger partial charge in [0.25, 0.3) is 0 Å². The minimum Gasteiger partial charge on any atom is -0.480 e. The number of ether oxygens (including phenoxy) is 1. The van der Waals surface area contributed by atoms with Crippen molar-refractivity contribution in [2.45, 2.75) is 25.8 Å². The number of amides is 1. The molecule has 160 valence electrons. The summed E-state index contributed by atoms with van der Waals surface area (Å²) in [6, 6.07) is 4.03. The van der Waals surface area contributed by atoms with Crippen LogP contribution in [0, 0.1) is 5.41 Å². The van der Waals surface area contributed by atoms with Gasteiger partial charge < -0.3 is 19.9 Å². The normalized spacial score (nSPS) is 20.6. The fourth-order valence-corrected chi connectivity index (χ4v) is 4.44. The van der Waals surface area contributed by atoms with Gasteiger partial charge in [-0.3, -0.25) is 4.79 Å². The zero-order valence-corrected chi connectivity index (χ0v) is 17.9. The molecule has 10 heteroatoms. The lowest BCUT2D eigenvalue weighted by Gasteiger charge is -2.45. The van der Waals surface area contributed by atoms with E-state index >= 15 is 0 Å². The second kappa shape index (κ2) is 6.93. The number of aromatic amines is 1. The van der Waals surface area contributed by atoms with Crippen LogP contribution in [-0.2, 0) is 4.79 Å². The average Bonchev–Trinajstić information content (AvgIpc) is 3.37. The Labute approximate surface area is 178 Å². The van der Waals surface area contributed by atoms with Crippen molar-refractivity contribution in [3.8, 4) is 17.0 Å². The number of anilines is 1. The van der Waals surface area contributed by atoms with E-state index in [9.17, 15) is 4.79 Å². The molecule has 1 saturated carbocycles. The molecule has 0 aliphatic heterocycles. The van der Waals surface area contributed by atoms with E-state index in [0.717, 1.165) is 35.0 Å². The number of rotatable bonds is 5. The van der Waals surface area contributed by atoms with Gasteiger partial charge in [-0.25, -0.2) is 9.50 Å². The summed E-state index contributed by atoms with van der Waals surface area (Å²) in [7, 11) is 5.18. The Hall–Kier alpha value is -3.69. The molecule has 4 aromatic rings. The van der Waals surface area contributed by atoms with Gasteiger partial charge in [-0.05, 0) is 25.0 Å².